The Labute approximate surface area is 174 Å². The highest BCUT2D eigenvalue weighted by molar-refractivity contribution is 6.03. The molecule has 0 bridgehead atoms. The molecule has 3 aliphatic carbocycles. The number of allylic oxidation sites excluding steroid dienone is 8. The highest BCUT2D eigenvalue weighted by atomic mass is 14.3. The monoisotopic (exact) mass is 376 g/mol. The minimum atomic E-state index is 0.0785. The molecule has 29 heavy (non-hydrogen) atoms. The zero-order valence-electron chi connectivity index (χ0n) is 17.9. The van der Waals surface area contributed by atoms with Gasteiger partial charge in [0.25, 0.3) is 0 Å². The number of hydrogen-bond acceptors (Lipinski definition) is 0. The second kappa shape index (κ2) is 6.64. The van der Waals surface area contributed by atoms with Crippen LogP contribution in [0.25, 0.3) is 16.3 Å². The normalized spacial score (nSPS) is 23.5. The van der Waals surface area contributed by atoms with Gasteiger partial charge in [-0.25, -0.2) is 0 Å². The molecule has 0 atom stereocenters. The number of aryl methyl sites for hydroxylation is 1. The Morgan fingerprint density at radius 3 is 2.62 bits per heavy atom. The molecular formula is C29H28. The van der Waals surface area contributed by atoms with Crippen LogP contribution in [0.15, 0.2) is 70.9 Å². The first kappa shape index (κ1) is 18.3. The molecular weight excluding hydrogens is 348 g/mol. The first-order valence-corrected chi connectivity index (χ1v) is 10.7. The van der Waals surface area contributed by atoms with Gasteiger partial charge in [-0.1, -0.05) is 79.8 Å². The quantitative estimate of drug-likeness (QED) is 0.418. The zero-order chi connectivity index (χ0) is 20.2. The van der Waals surface area contributed by atoms with Crippen molar-refractivity contribution >= 4 is 16.3 Å². The molecule has 0 unspecified atom stereocenters. The predicted molar refractivity (Wildman–Crippen MR) is 125 cm³/mol. The summed E-state index contributed by atoms with van der Waals surface area (Å²) in [5.41, 5.74) is 11.5. The molecule has 0 aromatic heterocycles. The summed E-state index contributed by atoms with van der Waals surface area (Å²) in [5.74, 6) is 6.90. The molecule has 2 aromatic carbocycles. The maximum Gasteiger partial charge on any atom is 0.0303 e. The van der Waals surface area contributed by atoms with Crippen molar-refractivity contribution in [2.24, 2.45) is 5.41 Å². The maximum absolute atomic E-state index is 3.51. The zero-order valence-corrected chi connectivity index (χ0v) is 17.9. The van der Waals surface area contributed by atoms with Crippen LogP contribution in [0.3, 0.4) is 0 Å². The van der Waals surface area contributed by atoms with E-state index in [1.807, 2.05) is 0 Å². The van der Waals surface area contributed by atoms with Crippen LogP contribution in [0.4, 0.5) is 0 Å². The second-order valence-electron chi connectivity index (χ2n) is 9.45. The Balaban J connectivity index is 1.71. The van der Waals surface area contributed by atoms with Crippen molar-refractivity contribution in [3.8, 4) is 11.8 Å². The standard InChI is InChI=1S/C29H28/c1-19-8-7-9-21-12-13-22-18-23-17-20(2)24-10-5-6-11-26(24)28(23)25(22)14-15-29(3,4)27(21)16-19/h5-6,10-11,13-14,16-17H,8,12,15,18H2,1-4H3/b22-13-,25-14+. The first-order valence-electron chi connectivity index (χ1n) is 10.7. The van der Waals surface area contributed by atoms with Crippen molar-refractivity contribution in [2.75, 3.05) is 0 Å². The second-order valence-corrected chi connectivity index (χ2v) is 9.45. The summed E-state index contributed by atoms with van der Waals surface area (Å²) in [6.45, 7) is 9.21. The van der Waals surface area contributed by atoms with Gasteiger partial charge in [-0.15, -0.1) is 0 Å². The SMILES string of the molecule is CC1=CC2=C(C#CC1)C/C=C1/Cc3cc(C)c4ccccc4c3/C1=C/CC2(C)C. The first-order chi connectivity index (χ1) is 13.9. The van der Waals surface area contributed by atoms with Gasteiger partial charge in [0, 0.05) is 12.0 Å². The molecule has 0 saturated carbocycles. The Morgan fingerprint density at radius 1 is 1.00 bits per heavy atom. The molecule has 0 amide bonds. The third kappa shape index (κ3) is 3.01. The Bertz CT molecular complexity index is 1230. The van der Waals surface area contributed by atoms with E-state index in [0.29, 0.717) is 0 Å². The average Bonchev–Trinajstić information content (AvgIpc) is 2.94. The molecule has 0 spiro atoms. The summed E-state index contributed by atoms with van der Waals surface area (Å²) >= 11 is 0. The number of hydrogen-bond donors (Lipinski definition) is 0. The number of rotatable bonds is 0. The van der Waals surface area contributed by atoms with E-state index in [9.17, 15) is 0 Å². The summed E-state index contributed by atoms with van der Waals surface area (Å²) in [6, 6.07) is 11.3. The van der Waals surface area contributed by atoms with Crippen LogP contribution in [0, 0.1) is 24.2 Å². The lowest BCUT2D eigenvalue weighted by molar-refractivity contribution is 0.461. The van der Waals surface area contributed by atoms with Crippen LogP contribution in [0.5, 0.6) is 0 Å². The topological polar surface area (TPSA) is 0 Å². The molecule has 0 saturated heterocycles. The van der Waals surface area contributed by atoms with Gasteiger partial charge in [-0.3, -0.25) is 0 Å². The van der Waals surface area contributed by atoms with E-state index in [2.05, 4.69) is 88.1 Å². The summed E-state index contributed by atoms with van der Waals surface area (Å²) in [4.78, 5) is 0. The van der Waals surface area contributed by atoms with E-state index >= 15 is 0 Å². The van der Waals surface area contributed by atoms with Gasteiger partial charge < -0.3 is 0 Å². The molecule has 0 N–H and O–H groups in total. The molecule has 2 aromatic rings. The van der Waals surface area contributed by atoms with Crippen LogP contribution < -0.4 is 0 Å². The fraction of sp³-hybridized carbons (Fsp3) is 0.310. The third-order valence-corrected chi connectivity index (χ3v) is 6.75. The van der Waals surface area contributed by atoms with Gasteiger partial charge in [0.1, 0.15) is 0 Å². The van der Waals surface area contributed by atoms with Gasteiger partial charge in [-0.2, -0.15) is 0 Å². The molecule has 3 aliphatic rings. The molecule has 144 valence electrons. The minimum absolute atomic E-state index is 0.0785. The average molecular weight is 377 g/mol. The molecule has 0 heteroatoms. The summed E-state index contributed by atoms with van der Waals surface area (Å²) in [7, 11) is 0. The van der Waals surface area contributed by atoms with Gasteiger partial charge in [0.05, 0.1) is 0 Å². The molecule has 0 fully saturated rings. The predicted octanol–water partition coefficient (Wildman–Crippen LogP) is 7.48. The maximum atomic E-state index is 3.51. The van der Waals surface area contributed by atoms with Crippen molar-refractivity contribution in [1.29, 1.82) is 0 Å². The van der Waals surface area contributed by atoms with Crippen molar-refractivity contribution < 1.29 is 0 Å². The summed E-state index contributed by atoms with van der Waals surface area (Å²) < 4.78 is 0. The van der Waals surface area contributed by atoms with Crippen molar-refractivity contribution in [3.63, 3.8) is 0 Å². The van der Waals surface area contributed by atoms with E-state index < -0.39 is 0 Å². The van der Waals surface area contributed by atoms with Gasteiger partial charge >= 0.3 is 0 Å². The molecule has 0 heterocycles. The lowest BCUT2D eigenvalue weighted by Crippen LogP contribution is -2.14. The van der Waals surface area contributed by atoms with Crippen molar-refractivity contribution in [3.05, 3.63) is 87.5 Å². The summed E-state index contributed by atoms with van der Waals surface area (Å²) in [5, 5.41) is 2.78. The Hall–Kier alpha value is -2.78. The van der Waals surface area contributed by atoms with Crippen LogP contribution in [-0.4, -0.2) is 0 Å². The van der Waals surface area contributed by atoms with Gasteiger partial charge in [0.2, 0.25) is 0 Å². The Morgan fingerprint density at radius 2 is 1.79 bits per heavy atom. The van der Waals surface area contributed by atoms with Crippen molar-refractivity contribution in [1.82, 2.24) is 0 Å². The van der Waals surface area contributed by atoms with Gasteiger partial charge in [0.15, 0.2) is 0 Å². The van der Waals surface area contributed by atoms with E-state index in [4.69, 9.17) is 0 Å². The van der Waals surface area contributed by atoms with E-state index in [1.165, 1.54) is 55.3 Å². The smallest absolute Gasteiger partial charge is 0.0303 e. The highest BCUT2D eigenvalue weighted by Gasteiger charge is 2.29. The van der Waals surface area contributed by atoms with E-state index in [-0.39, 0.29) is 5.41 Å². The third-order valence-electron chi connectivity index (χ3n) is 6.75. The van der Waals surface area contributed by atoms with Gasteiger partial charge in [-0.05, 0) is 82.7 Å². The minimum Gasteiger partial charge on any atom is -0.0938 e. The summed E-state index contributed by atoms with van der Waals surface area (Å²) in [6.07, 6.45) is 11.3. The number of fused-ring (bicyclic) bond motifs is 5. The van der Waals surface area contributed by atoms with Crippen LogP contribution in [0.2, 0.25) is 0 Å². The Kier molecular flexibility index (Phi) is 4.18. The molecule has 0 nitrogen and oxygen atoms in total. The van der Waals surface area contributed by atoms with Crippen LogP contribution in [-0.2, 0) is 6.42 Å². The lowest BCUT2D eigenvalue weighted by Gasteiger charge is -2.27. The molecule has 5 rings (SSSR count). The largest absolute Gasteiger partial charge is 0.0938 e. The number of benzene rings is 2. The van der Waals surface area contributed by atoms with E-state index in [0.717, 1.165) is 25.7 Å². The van der Waals surface area contributed by atoms with Crippen LogP contribution >= 0.6 is 0 Å². The highest BCUT2D eigenvalue weighted by Crippen LogP contribution is 2.46. The fourth-order valence-electron chi connectivity index (χ4n) is 5.16. The van der Waals surface area contributed by atoms with Crippen molar-refractivity contribution in [2.45, 2.75) is 53.4 Å². The van der Waals surface area contributed by atoms with Crippen LogP contribution in [0.1, 0.15) is 56.7 Å². The molecule has 0 aliphatic heterocycles. The fourth-order valence-corrected chi connectivity index (χ4v) is 5.16. The molecule has 0 radical (unpaired) electrons. The lowest BCUT2D eigenvalue weighted by atomic mass is 9.77. The van der Waals surface area contributed by atoms with E-state index in [1.54, 1.807) is 0 Å².